The van der Waals surface area contributed by atoms with Crippen LogP contribution in [0, 0.1) is 0 Å². The van der Waals surface area contributed by atoms with Crippen LogP contribution in [0.25, 0.3) is 10.8 Å². The molecule has 0 aromatic heterocycles. The van der Waals surface area contributed by atoms with Crippen LogP contribution < -0.4 is 4.74 Å². The molecule has 0 N–H and O–H groups in total. The van der Waals surface area contributed by atoms with Crippen molar-refractivity contribution in [2.24, 2.45) is 0 Å². The number of Topliss-reactive ketones (excluding diaryl/α,β-unsaturated/α-hetero) is 1. The number of carbonyl (C=O) groups excluding carboxylic acids is 1. The zero-order valence-electron chi connectivity index (χ0n) is 16.8. The highest BCUT2D eigenvalue weighted by atomic mass is 32.2. The normalized spacial score (nSPS) is 12.4. The summed E-state index contributed by atoms with van der Waals surface area (Å²) in [4.78, 5) is 13.5. The average molecular weight is 431 g/mol. The predicted octanol–water partition coefficient (Wildman–Crippen LogP) is 5.33. The first-order valence-corrected chi connectivity index (χ1v) is 11.7. The van der Waals surface area contributed by atoms with Gasteiger partial charge in [-0.2, -0.15) is 0 Å². The van der Waals surface area contributed by atoms with E-state index in [9.17, 15) is 13.2 Å². The van der Waals surface area contributed by atoms with Crippen molar-refractivity contribution >= 4 is 26.4 Å². The summed E-state index contributed by atoms with van der Waals surface area (Å²) in [6.07, 6.45) is -0.875. The van der Waals surface area contributed by atoms with E-state index in [1.165, 1.54) is 0 Å². The van der Waals surface area contributed by atoms with Crippen molar-refractivity contribution in [3.05, 3.63) is 109 Å². The minimum absolute atomic E-state index is 0.0498. The van der Waals surface area contributed by atoms with E-state index in [0.29, 0.717) is 11.3 Å². The molecular weight excluding hydrogens is 408 g/mol. The third-order valence-electron chi connectivity index (χ3n) is 5.12. The molecule has 0 saturated heterocycles. The van der Waals surface area contributed by atoms with Crippen molar-refractivity contribution in [2.75, 3.05) is 5.75 Å². The number of benzene rings is 4. The van der Waals surface area contributed by atoms with Gasteiger partial charge in [0.1, 0.15) is 5.75 Å². The van der Waals surface area contributed by atoms with Crippen LogP contribution >= 0.6 is 0 Å². The summed E-state index contributed by atoms with van der Waals surface area (Å²) in [6.45, 7) is 0. The van der Waals surface area contributed by atoms with Crippen LogP contribution in [0.15, 0.2) is 108 Å². The Kier molecular flexibility index (Phi) is 6.14. The largest absolute Gasteiger partial charge is 0.482 e. The number of carbonyl (C=O) groups is 1. The van der Waals surface area contributed by atoms with E-state index in [1.807, 2.05) is 42.5 Å². The lowest BCUT2D eigenvalue weighted by atomic mass is 10.0. The van der Waals surface area contributed by atoms with Crippen molar-refractivity contribution in [3.8, 4) is 5.75 Å². The predicted molar refractivity (Wildman–Crippen MR) is 122 cm³/mol. The summed E-state index contributed by atoms with van der Waals surface area (Å²) in [6, 6.07) is 30.5. The Labute approximate surface area is 182 Å². The van der Waals surface area contributed by atoms with E-state index in [1.54, 1.807) is 60.7 Å². The van der Waals surface area contributed by atoms with Gasteiger partial charge in [0.15, 0.2) is 15.9 Å². The van der Waals surface area contributed by atoms with Gasteiger partial charge in [-0.3, -0.25) is 4.79 Å². The first-order chi connectivity index (χ1) is 15.0. The molecule has 1 unspecified atom stereocenters. The fraction of sp³-hybridized carbons (Fsp3) is 0.115. The Morgan fingerprint density at radius 3 is 2.10 bits per heavy atom. The smallest absolute Gasteiger partial charge is 0.203 e. The fourth-order valence-electron chi connectivity index (χ4n) is 3.49. The molecule has 4 aromatic rings. The molecule has 0 aliphatic rings. The summed E-state index contributed by atoms with van der Waals surface area (Å²) in [5, 5.41) is 1.87. The minimum Gasteiger partial charge on any atom is -0.482 e. The SMILES string of the molecule is O=C(c1ccccc1)C(CCS(=O)(=O)c1ccccc1)Oc1cccc2ccccc12. The van der Waals surface area contributed by atoms with E-state index in [4.69, 9.17) is 4.74 Å². The highest BCUT2D eigenvalue weighted by Crippen LogP contribution is 2.27. The minimum atomic E-state index is -3.54. The number of hydrogen-bond acceptors (Lipinski definition) is 4. The molecule has 0 fully saturated rings. The molecular formula is C26H22O4S. The molecule has 0 saturated carbocycles. The standard InChI is InChI=1S/C26H22O4S/c27-26(21-11-3-1-4-12-21)25(18-19-31(28,29)22-14-5-2-6-15-22)30-24-17-9-13-20-10-7-8-16-23(20)24/h1-17,25H,18-19H2. The first-order valence-electron chi connectivity index (χ1n) is 10.1. The Morgan fingerprint density at radius 1 is 0.742 bits per heavy atom. The summed E-state index contributed by atoms with van der Waals surface area (Å²) < 4.78 is 31.7. The topological polar surface area (TPSA) is 60.4 Å². The zero-order chi connectivity index (χ0) is 21.7. The highest BCUT2D eigenvalue weighted by Gasteiger charge is 2.26. The van der Waals surface area contributed by atoms with Gasteiger partial charge in [-0.15, -0.1) is 0 Å². The molecule has 0 aliphatic heterocycles. The van der Waals surface area contributed by atoms with Crippen molar-refractivity contribution in [2.45, 2.75) is 17.4 Å². The van der Waals surface area contributed by atoms with E-state index < -0.39 is 15.9 Å². The highest BCUT2D eigenvalue weighted by molar-refractivity contribution is 7.91. The molecule has 5 heteroatoms. The Balaban J connectivity index is 1.64. The van der Waals surface area contributed by atoms with Gasteiger partial charge in [0.25, 0.3) is 0 Å². The molecule has 31 heavy (non-hydrogen) atoms. The van der Waals surface area contributed by atoms with Crippen molar-refractivity contribution in [1.82, 2.24) is 0 Å². The lowest BCUT2D eigenvalue weighted by molar-refractivity contribution is 0.0790. The van der Waals surface area contributed by atoms with Crippen LogP contribution in [0.1, 0.15) is 16.8 Å². The van der Waals surface area contributed by atoms with Crippen LogP contribution in [0.5, 0.6) is 5.75 Å². The average Bonchev–Trinajstić information content (AvgIpc) is 2.82. The van der Waals surface area contributed by atoms with Gasteiger partial charge in [0.2, 0.25) is 5.78 Å². The molecule has 4 aromatic carbocycles. The number of sulfone groups is 1. The monoisotopic (exact) mass is 430 g/mol. The van der Waals surface area contributed by atoms with Crippen LogP contribution in [0.4, 0.5) is 0 Å². The van der Waals surface area contributed by atoms with Crippen LogP contribution in [-0.2, 0) is 9.84 Å². The molecule has 4 nitrogen and oxygen atoms in total. The maximum atomic E-state index is 13.2. The second kappa shape index (κ2) is 9.14. The number of hydrogen-bond donors (Lipinski definition) is 0. The van der Waals surface area contributed by atoms with E-state index in [-0.39, 0.29) is 22.9 Å². The van der Waals surface area contributed by atoms with Crippen LogP contribution in [-0.4, -0.2) is 26.1 Å². The number of fused-ring (bicyclic) bond motifs is 1. The van der Waals surface area contributed by atoms with Crippen molar-refractivity contribution in [1.29, 1.82) is 0 Å². The lowest BCUT2D eigenvalue weighted by Gasteiger charge is -2.19. The van der Waals surface area contributed by atoms with Crippen LogP contribution in [0.2, 0.25) is 0 Å². The quantitative estimate of drug-likeness (QED) is 0.354. The lowest BCUT2D eigenvalue weighted by Crippen LogP contribution is -2.30. The number of ether oxygens (including phenoxy) is 1. The summed E-state index contributed by atoms with van der Waals surface area (Å²) >= 11 is 0. The van der Waals surface area contributed by atoms with Gasteiger partial charge >= 0.3 is 0 Å². The molecule has 156 valence electrons. The van der Waals surface area contributed by atoms with Gasteiger partial charge in [0, 0.05) is 17.4 Å². The summed E-state index contributed by atoms with van der Waals surface area (Å²) in [7, 11) is -3.54. The Hall–Kier alpha value is -3.44. The molecule has 0 amide bonds. The Bertz CT molecular complexity index is 1280. The fourth-order valence-corrected chi connectivity index (χ4v) is 4.82. The molecule has 0 bridgehead atoms. The second-order valence-corrected chi connectivity index (χ2v) is 9.34. The Morgan fingerprint density at radius 2 is 1.35 bits per heavy atom. The van der Waals surface area contributed by atoms with E-state index in [2.05, 4.69) is 0 Å². The van der Waals surface area contributed by atoms with E-state index >= 15 is 0 Å². The molecule has 1 atom stereocenters. The van der Waals surface area contributed by atoms with Crippen LogP contribution in [0.3, 0.4) is 0 Å². The third kappa shape index (κ3) is 4.84. The molecule has 4 rings (SSSR count). The van der Waals surface area contributed by atoms with Gasteiger partial charge in [0.05, 0.1) is 10.6 Å². The molecule has 0 aliphatic carbocycles. The first kappa shape index (κ1) is 20.8. The maximum absolute atomic E-state index is 13.2. The third-order valence-corrected chi connectivity index (χ3v) is 6.88. The number of ketones is 1. The van der Waals surface area contributed by atoms with Crippen molar-refractivity contribution < 1.29 is 17.9 Å². The zero-order valence-corrected chi connectivity index (χ0v) is 17.7. The van der Waals surface area contributed by atoms with Gasteiger partial charge in [-0.1, -0.05) is 84.9 Å². The second-order valence-electron chi connectivity index (χ2n) is 7.23. The molecule has 0 heterocycles. The van der Waals surface area contributed by atoms with Gasteiger partial charge in [-0.25, -0.2) is 8.42 Å². The van der Waals surface area contributed by atoms with Gasteiger partial charge in [-0.05, 0) is 23.6 Å². The summed E-state index contributed by atoms with van der Waals surface area (Å²) in [5.41, 5.74) is 0.491. The molecule has 0 spiro atoms. The molecule has 0 radical (unpaired) electrons. The summed E-state index contributed by atoms with van der Waals surface area (Å²) in [5.74, 6) is 0.131. The number of rotatable bonds is 8. The maximum Gasteiger partial charge on any atom is 0.203 e. The van der Waals surface area contributed by atoms with E-state index in [0.717, 1.165) is 10.8 Å². The van der Waals surface area contributed by atoms with Gasteiger partial charge < -0.3 is 4.74 Å². The van der Waals surface area contributed by atoms with Crippen molar-refractivity contribution in [3.63, 3.8) is 0 Å².